The minimum Gasteiger partial charge on any atom is -0.481 e. The average molecular weight is 296 g/mol. The molecule has 6 nitrogen and oxygen atoms in total. The van der Waals surface area contributed by atoms with Gasteiger partial charge in [0.2, 0.25) is 5.88 Å². The fourth-order valence-electron chi connectivity index (χ4n) is 3.02. The van der Waals surface area contributed by atoms with Crippen molar-refractivity contribution < 1.29 is 9.47 Å². The minimum atomic E-state index is 0.588. The lowest BCUT2D eigenvalue weighted by molar-refractivity contribution is 0.137. The fourth-order valence-corrected chi connectivity index (χ4v) is 3.02. The average Bonchev–Trinajstić information content (AvgIpc) is 3.05. The van der Waals surface area contributed by atoms with Gasteiger partial charge in [-0.25, -0.2) is 4.68 Å². The number of nitrogens with zero attached hydrogens (tertiary/aromatic N) is 3. The van der Waals surface area contributed by atoms with Crippen LogP contribution in [-0.4, -0.2) is 61.2 Å². The number of hydrogen-bond donors (Lipinski definition) is 1. The summed E-state index contributed by atoms with van der Waals surface area (Å²) >= 11 is 0. The molecule has 2 heterocycles. The zero-order valence-corrected chi connectivity index (χ0v) is 13.7. The third-order valence-electron chi connectivity index (χ3n) is 4.12. The van der Waals surface area contributed by atoms with Crippen LogP contribution in [0.3, 0.4) is 0 Å². The van der Waals surface area contributed by atoms with Crippen molar-refractivity contribution in [3.63, 3.8) is 0 Å². The Bertz CT molecular complexity index is 441. The molecule has 1 aliphatic heterocycles. The Balaban J connectivity index is 2.06. The molecule has 1 aromatic rings. The van der Waals surface area contributed by atoms with Crippen molar-refractivity contribution >= 4 is 0 Å². The van der Waals surface area contributed by atoms with Gasteiger partial charge in [0, 0.05) is 39.8 Å². The molecule has 1 atom stereocenters. The molecule has 1 N–H and O–H groups in total. The summed E-state index contributed by atoms with van der Waals surface area (Å²) in [7, 11) is 5.38. The highest BCUT2D eigenvalue weighted by atomic mass is 16.5. The van der Waals surface area contributed by atoms with E-state index in [2.05, 4.69) is 15.3 Å². The zero-order chi connectivity index (χ0) is 15.2. The number of rotatable bonds is 8. The molecule has 1 unspecified atom stereocenters. The van der Waals surface area contributed by atoms with Crippen molar-refractivity contribution in [3.8, 4) is 5.88 Å². The van der Waals surface area contributed by atoms with Crippen LogP contribution < -0.4 is 10.1 Å². The maximum absolute atomic E-state index is 5.50. The van der Waals surface area contributed by atoms with Crippen LogP contribution in [0.25, 0.3) is 0 Å². The maximum atomic E-state index is 5.50. The van der Waals surface area contributed by atoms with Crippen molar-refractivity contribution in [3.05, 3.63) is 11.3 Å². The normalized spacial score (nSPS) is 18.6. The van der Waals surface area contributed by atoms with Gasteiger partial charge in [0.05, 0.1) is 25.0 Å². The van der Waals surface area contributed by atoms with Crippen LogP contribution in [0.15, 0.2) is 0 Å². The van der Waals surface area contributed by atoms with E-state index in [-0.39, 0.29) is 0 Å². The van der Waals surface area contributed by atoms with E-state index < -0.39 is 0 Å². The Labute approximate surface area is 127 Å². The second-order valence-electron chi connectivity index (χ2n) is 5.72. The van der Waals surface area contributed by atoms with Crippen LogP contribution in [0.1, 0.15) is 24.1 Å². The van der Waals surface area contributed by atoms with E-state index in [1.807, 2.05) is 18.7 Å². The molecule has 120 valence electrons. The predicted octanol–water partition coefficient (Wildman–Crippen LogP) is 0.938. The predicted molar refractivity (Wildman–Crippen MR) is 82.7 cm³/mol. The van der Waals surface area contributed by atoms with Crippen LogP contribution in [-0.2, 0) is 18.3 Å². The van der Waals surface area contributed by atoms with Gasteiger partial charge in [-0.2, -0.15) is 5.10 Å². The largest absolute Gasteiger partial charge is 0.481 e. The Morgan fingerprint density at radius 3 is 2.86 bits per heavy atom. The number of aromatic nitrogens is 2. The smallest absolute Gasteiger partial charge is 0.216 e. The topological polar surface area (TPSA) is 51.5 Å². The van der Waals surface area contributed by atoms with Crippen LogP contribution in [0, 0.1) is 6.92 Å². The molecule has 0 aliphatic carbocycles. The van der Waals surface area contributed by atoms with Gasteiger partial charge >= 0.3 is 0 Å². The van der Waals surface area contributed by atoms with E-state index in [9.17, 15) is 0 Å². The molecule has 1 saturated heterocycles. The van der Waals surface area contributed by atoms with Crippen molar-refractivity contribution in [2.24, 2.45) is 7.05 Å². The lowest BCUT2D eigenvalue weighted by Crippen LogP contribution is -2.38. The lowest BCUT2D eigenvalue weighted by Gasteiger charge is -2.25. The SMILES string of the molecule is COCCN(Cc1c(C)nn(C)c1OC)CC1CCCN1. The molecule has 1 aromatic heterocycles. The number of ether oxygens (including phenoxy) is 2. The standard InChI is InChI=1S/C15H28N4O2/c1-12-14(15(21-4)18(2)17-12)11-19(8-9-20-3)10-13-6-5-7-16-13/h13,16H,5-11H2,1-4H3. The lowest BCUT2D eigenvalue weighted by atomic mass is 10.2. The molecule has 1 aliphatic rings. The molecule has 0 spiro atoms. The van der Waals surface area contributed by atoms with Gasteiger partial charge in [-0.15, -0.1) is 0 Å². The Morgan fingerprint density at radius 2 is 2.24 bits per heavy atom. The first-order valence-corrected chi connectivity index (χ1v) is 7.66. The molecule has 21 heavy (non-hydrogen) atoms. The van der Waals surface area contributed by atoms with Gasteiger partial charge in [-0.05, 0) is 26.3 Å². The van der Waals surface area contributed by atoms with Gasteiger partial charge in [-0.3, -0.25) is 4.90 Å². The first kappa shape index (κ1) is 16.3. The summed E-state index contributed by atoms with van der Waals surface area (Å²) in [4.78, 5) is 2.43. The first-order valence-electron chi connectivity index (χ1n) is 7.66. The summed E-state index contributed by atoms with van der Waals surface area (Å²) in [5.74, 6) is 0.856. The van der Waals surface area contributed by atoms with E-state index in [1.165, 1.54) is 18.4 Å². The van der Waals surface area contributed by atoms with E-state index in [0.717, 1.165) is 44.4 Å². The van der Waals surface area contributed by atoms with E-state index in [0.29, 0.717) is 6.04 Å². The Morgan fingerprint density at radius 1 is 1.43 bits per heavy atom. The highest BCUT2D eigenvalue weighted by Gasteiger charge is 2.21. The quantitative estimate of drug-likeness (QED) is 0.774. The number of nitrogens with one attached hydrogen (secondary N) is 1. The van der Waals surface area contributed by atoms with Crippen LogP contribution >= 0.6 is 0 Å². The van der Waals surface area contributed by atoms with Gasteiger partial charge < -0.3 is 14.8 Å². The van der Waals surface area contributed by atoms with Gasteiger partial charge in [0.15, 0.2) is 0 Å². The third-order valence-corrected chi connectivity index (χ3v) is 4.12. The second-order valence-corrected chi connectivity index (χ2v) is 5.72. The molecule has 2 rings (SSSR count). The third kappa shape index (κ3) is 4.18. The molecular formula is C15H28N4O2. The van der Waals surface area contributed by atoms with Crippen LogP contribution in [0.5, 0.6) is 5.88 Å². The summed E-state index contributed by atoms with van der Waals surface area (Å²) in [5, 5.41) is 8.03. The van der Waals surface area contributed by atoms with E-state index in [1.54, 1.807) is 14.2 Å². The fraction of sp³-hybridized carbons (Fsp3) is 0.800. The summed E-state index contributed by atoms with van der Waals surface area (Å²) in [6, 6.07) is 0.588. The van der Waals surface area contributed by atoms with Crippen LogP contribution in [0.4, 0.5) is 0 Å². The maximum Gasteiger partial charge on any atom is 0.216 e. The van der Waals surface area contributed by atoms with Crippen molar-refractivity contribution in [1.82, 2.24) is 20.0 Å². The highest BCUT2D eigenvalue weighted by Crippen LogP contribution is 2.23. The molecule has 0 bridgehead atoms. The number of methoxy groups -OCH3 is 2. The molecule has 0 radical (unpaired) electrons. The summed E-state index contributed by atoms with van der Waals surface area (Å²) in [6.45, 7) is 6.74. The Hall–Kier alpha value is -1.11. The van der Waals surface area contributed by atoms with Gasteiger partial charge in [-0.1, -0.05) is 0 Å². The summed E-state index contributed by atoms with van der Waals surface area (Å²) < 4.78 is 12.6. The van der Waals surface area contributed by atoms with Gasteiger partial charge in [0.25, 0.3) is 0 Å². The molecule has 6 heteroatoms. The van der Waals surface area contributed by atoms with Crippen LogP contribution in [0.2, 0.25) is 0 Å². The van der Waals surface area contributed by atoms with Crippen molar-refractivity contribution in [2.45, 2.75) is 32.4 Å². The van der Waals surface area contributed by atoms with Gasteiger partial charge in [0.1, 0.15) is 0 Å². The van der Waals surface area contributed by atoms with E-state index >= 15 is 0 Å². The van der Waals surface area contributed by atoms with Crippen molar-refractivity contribution in [2.75, 3.05) is 40.5 Å². The molecule has 1 fully saturated rings. The molecule has 0 aromatic carbocycles. The Kier molecular flexibility index (Phi) is 6.02. The molecule has 0 amide bonds. The summed E-state index contributed by atoms with van der Waals surface area (Å²) in [5.41, 5.74) is 2.21. The number of hydrogen-bond acceptors (Lipinski definition) is 5. The molecule has 0 saturated carbocycles. The van der Waals surface area contributed by atoms with Crippen molar-refractivity contribution in [1.29, 1.82) is 0 Å². The molecular weight excluding hydrogens is 268 g/mol. The monoisotopic (exact) mass is 296 g/mol. The summed E-state index contributed by atoms with van der Waals surface area (Å²) in [6.07, 6.45) is 2.53. The first-order chi connectivity index (χ1) is 10.2. The number of aryl methyl sites for hydroxylation is 2. The second kappa shape index (κ2) is 7.77. The highest BCUT2D eigenvalue weighted by molar-refractivity contribution is 5.30. The zero-order valence-electron chi connectivity index (χ0n) is 13.7. The minimum absolute atomic E-state index is 0.588. The van der Waals surface area contributed by atoms with E-state index in [4.69, 9.17) is 9.47 Å².